The van der Waals surface area contributed by atoms with E-state index in [-0.39, 0.29) is 17.6 Å². The van der Waals surface area contributed by atoms with E-state index in [1.54, 1.807) is 0 Å². The number of carbonyl (C=O) groups is 2. The van der Waals surface area contributed by atoms with Crippen LogP contribution in [0.3, 0.4) is 0 Å². The van der Waals surface area contributed by atoms with E-state index >= 15 is 0 Å². The summed E-state index contributed by atoms with van der Waals surface area (Å²) in [6, 6.07) is 0. The first-order valence-corrected chi connectivity index (χ1v) is 3.12. The molecule has 0 aromatic heterocycles. The first kappa shape index (κ1) is 9.62. The summed E-state index contributed by atoms with van der Waals surface area (Å²) in [5.74, 6) is -1.06. The second-order valence-electron chi connectivity index (χ2n) is 2.08. The lowest BCUT2D eigenvalue weighted by Gasteiger charge is -1.98. The van der Waals surface area contributed by atoms with Crippen molar-refractivity contribution in [3.05, 3.63) is 23.8 Å². The SMILES string of the molecule is C=CCC(C(=O)O)=C(C)C=O. The van der Waals surface area contributed by atoms with Crippen molar-refractivity contribution in [2.75, 3.05) is 0 Å². The highest BCUT2D eigenvalue weighted by atomic mass is 16.4. The van der Waals surface area contributed by atoms with E-state index in [9.17, 15) is 9.59 Å². The van der Waals surface area contributed by atoms with Gasteiger partial charge in [0.15, 0.2) is 0 Å². The van der Waals surface area contributed by atoms with Crippen molar-refractivity contribution in [3.8, 4) is 0 Å². The minimum atomic E-state index is -1.06. The summed E-state index contributed by atoms with van der Waals surface area (Å²) < 4.78 is 0. The molecule has 0 aliphatic rings. The van der Waals surface area contributed by atoms with Gasteiger partial charge in [0.05, 0.1) is 0 Å². The number of rotatable bonds is 4. The Labute approximate surface area is 65.0 Å². The van der Waals surface area contributed by atoms with Crippen LogP contribution in [0.15, 0.2) is 23.8 Å². The zero-order chi connectivity index (χ0) is 8.85. The highest BCUT2D eigenvalue weighted by molar-refractivity contribution is 5.94. The van der Waals surface area contributed by atoms with Gasteiger partial charge in [0.2, 0.25) is 0 Å². The second kappa shape index (κ2) is 4.44. The van der Waals surface area contributed by atoms with Gasteiger partial charge in [-0.1, -0.05) is 6.08 Å². The van der Waals surface area contributed by atoms with Gasteiger partial charge in [0, 0.05) is 5.57 Å². The molecule has 0 radical (unpaired) electrons. The van der Waals surface area contributed by atoms with Crippen molar-refractivity contribution >= 4 is 12.3 Å². The molecule has 0 unspecified atom stereocenters. The first-order chi connectivity index (χ1) is 5.13. The van der Waals surface area contributed by atoms with Crippen molar-refractivity contribution in [1.29, 1.82) is 0 Å². The Bertz CT molecular complexity index is 213. The van der Waals surface area contributed by atoms with Crippen LogP contribution in [0.25, 0.3) is 0 Å². The quantitative estimate of drug-likeness (QED) is 0.375. The lowest BCUT2D eigenvalue weighted by atomic mass is 10.1. The van der Waals surface area contributed by atoms with E-state index in [2.05, 4.69) is 6.58 Å². The van der Waals surface area contributed by atoms with Crippen molar-refractivity contribution in [2.45, 2.75) is 13.3 Å². The summed E-state index contributed by atoms with van der Waals surface area (Å²) in [7, 11) is 0. The average Bonchev–Trinajstić information content (AvgIpc) is 1.98. The smallest absolute Gasteiger partial charge is 0.332 e. The van der Waals surface area contributed by atoms with E-state index < -0.39 is 5.97 Å². The number of hydrogen-bond donors (Lipinski definition) is 1. The Morgan fingerprint density at radius 3 is 2.45 bits per heavy atom. The third-order valence-electron chi connectivity index (χ3n) is 1.26. The van der Waals surface area contributed by atoms with Gasteiger partial charge in [-0.3, -0.25) is 4.79 Å². The van der Waals surface area contributed by atoms with Crippen molar-refractivity contribution in [1.82, 2.24) is 0 Å². The number of allylic oxidation sites excluding steroid dienone is 2. The minimum Gasteiger partial charge on any atom is -0.478 e. The van der Waals surface area contributed by atoms with Crippen LogP contribution in [-0.2, 0) is 9.59 Å². The molecule has 3 nitrogen and oxygen atoms in total. The number of carboxylic acids is 1. The van der Waals surface area contributed by atoms with Gasteiger partial charge in [-0.05, 0) is 18.9 Å². The third-order valence-corrected chi connectivity index (χ3v) is 1.26. The maximum absolute atomic E-state index is 10.4. The van der Waals surface area contributed by atoms with Gasteiger partial charge in [-0.2, -0.15) is 0 Å². The zero-order valence-corrected chi connectivity index (χ0v) is 6.33. The monoisotopic (exact) mass is 154 g/mol. The second-order valence-corrected chi connectivity index (χ2v) is 2.08. The van der Waals surface area contributed by atoms with Gasteiger partial charge in [0.25, 0.3) is 0 Å². The molecule has 0 amide bonds. The van der Waals surface area contributed by atoms with Crippen LogP contribution in [-0.4, -0.2) is 17.4 Å². The number of hydrogen-bond acceptors (Lipinski definition) is 2. The predicted octanol–water partition coefficient (Wildman–Crippen LogP) is 1.16. The molecule has 0 saturated heterocycles. The standard InChI is InChI=1S/C8H10O3/c1-3-4-7(8(10)11)6(2)5-9/h3,5H,1,4H2,2H3,(H,10,11). The Kier molecular flexibility index (Phi) is 3.88. The molecule has 0 aliphatic carbocycles. The normalized spacial score (nSPS) is 11.7. The van der Waals surface area contributed by atoms with E-state index in [1.165, 1.54) is 13.0 Å². The lowest BCUT2D eigenvalue weighted by Crippen LogP contribution is -2.03. The Hall–Kier alpha value is -1.38. The topological polar surface area (TPSA) is 54.4 Å². The lowest BCUT2D eigenvalue weighted by molar-refractivity contribution is -0.133. The van der Waals surface area contributed by atoms with Crippen LogP contribution < -0.4 is 0 Å². The minimum absolute atomic E-state index is 0.106. The van der Waals surface area contributed by atoms with Gasteiger partial charge in [0.1, 0.15) is 6.29 Å². The molecule has 60 valence electrons. The number of aliphatic carboxylic acids is 1. The largest absolute Gasteiger partial charge is 0.478 e. The fourth-order valence-corrected chi connectivity index (χ4v) is 0.632. The molecule has 1 N–H and O–H groups in total. The molecule has 0 bridgehead atoms. The van der Waals surface area contributed by atoms with Crippen LogP contribution in [0.2, 0.25) is 0 Å². The summed E-state index contributed by atoms with van der Waals surface area (Å²) in [6.07, 6.45) is 2.21. The highest BCUT2D eigenvalue weighted by Crippen LogP contribution is 2.07. The van der Waals surface area contributed by atoms with E-state index in [4.69, 9.17) is 5.11 Å². The number of carboxylic acid groups (broad SMARTS) is 1. The molecule has 0 spiro atoms. The molecule has 0 fully saturated rings. The van der Waals surface area contributed by atoms with Gasteiger partial charge < -0.3 is 5.11 Å². The van der Waals surface area contributed by atoms with Crippen LogP contribution >= 0.6 is 0 Å². The summed E-state index contributed by atoms with van der Waals surface area (Å²) in [5.41, 5.74) is 0.354. The molecule has 0 rings (SSSR count). The summed E-state index contributed by atoms with van der Waals surface area (Å²) in [5, 5.41) is 8.54. The van der Waals surface area contributed by atoms with Crippen LogP contribution in [0.1, 0.15) is 13.3 Å². The maximum atomic E-state index is 10.4. The third kappa shape index (κ3) is 2.80. The number of carbonyl (C=O) groups excluding carboxylic acids is 1. The maximum Gasteiger partial charge on any atom is 0.332 e. The zero-order valence-electron chi connectivity index (χ0n) is 6.33. The molecule has 3 heteroatoms. The van der Waals surface area contributed by atoms with Crippen molar-refractivity contribution in [3.63, 3.8) is 0 Å². The van der Waals surface area contributed by atoms with E-state index in [0.29, 0.717) is 6.29 Å². The van der Waals surface area contributed by atoms with E-state index in [0.717, 1.165) is 0 Å². The molecule has 0 saturated carbocycles. The fraction of sp³-hybridized carbons (Fsp3) is 0.250. The van der Waals surface area contributed by atoms with Crippen molar-refractivity contribution in [2.24, 2.45) is 0 Å². The molecule has 0 heterocycles. The molecule has 0 aliphatic heterocycles. The average molecular weight is 154 g/mol. The van der Waals surface area contributed by atoms with Gasteiger partial charge >= 0.3 is 5.97 Å². The van der Waals surface area contributed by atoms with Crippen LogP contribution in [0.5, 0.6) is 0 Å². The van der Waals surface area contributed by atoms with E-state index in [1.807, 2.05) is 0 Å². The summed E-state index contributed by atoms with van der Waals surface area (Å²) in [6.45, 7) is 4.86. The molecular weight excluding hydrogens is 144 g/mol. The molecule has 11 heavy (non-hydrogen) atoms. The molecule has 0 aromatic rings. The summed E-state index contributed by atoms with van der Waals surface area (Å²) in [4.78, 5) is 20.6. The van der Waals surface area contributed by atoms with Crippen LogP contribution in [0.4, 0.5) is 0 Å². The molecular formula is C8H10O3. The Morgan fingerprint density at radius 1 is 1.64 bits per heavy atom. The van der Waals surface area contributed by atoms with Crippen LogP contribution in [0, 0.1) is 0 Å². The molecule has 0 atom stereocenters. The predicted molar refractivity (Wildman–Crippen MR) is 41.2 cm³/mol. The van der Waals surface area contributed by atoms with Gasteiger partial charge in [-0.15, -0.1) is 6.58 Å². The molecule has 0 aromatic carbocycles. The Morgan fingerprint density at radius 2 is 2.18 bits per heavy atom. The van der Waals surface area contributed by atoms with Crippen molar-refractivity contribution < 1.29 is 14.7 Å². The fourth-order valence-electron chi connectivity index (χ4n) is 0.632. The Balaban J connectivity index is 4.70. The number of aldehydes is 1. The first-order valence-electron chi connectivity index (χ1n) is 3.12. The summed E-state index contributed by atoms with van der Waals surface area (Å²) >= 11 is 0. The highest BCUT2D eigenvalue weighted by Gasteiger charge is 2.07. The van der Waals surface area contributed by atoms with Gasteiger partial charge in [-0.25, -0.2) is 4.79 Å².